The molecule has 0 saturated heterocycles. The highest BCUT2D eigenvalue weighted by Gasteiger charge is 2.32. The van der Waals surface area contributed by atoms with Gasteiger partial charge in [0, 0.05) is 13.0 Å². The Kier molecular flexibility index (Phi) is 4.36. The molecule has 7 nitrogen and oxygen atoms in total. The van der Waals surface area contributed by atoms with Gasteiger partial charge in [-0.05, 0) is 12.0 Å². The molecule has 0 radical (unpaired) electrons. The second-order valence-corrected chi connectivity index (χ2v) is 5.44. The largest absolute Gasteiger partial charge is 0.354 e. The van der Waals surface area contributed by atoms with Crippen LogP contribution >= 0.6 is 0 Å². The van der Waals surface area contributed by atoms with Gasteiger partial charge in [0.2, 0.25) is 17.8 Å². The molecule has 0 bridgehead atoms. The summed E-state index contributed by atoms with van der Waals surface area (Å²) in [5, 5.41) is 9.84. The summed E-state index contributed by atoms with van der Waals surface area (Å²) in [6, 6.07) is 9.29. The molecule has 1 aromatic carbocycles. The van der Waals surface area contributed by atoms with Crippen molar-refractivity contribution in [3.63, 3.8) is 0 Å². The van der Waals surface area contributed by atoms with E-state index in [1.54, 1.807) is 0 Å². The molecule has 0 saturated carbocycles. The van der Waals surface area contributed by atoms with Crippen molar-refractivity contribution < 1.29 is 9.59 Å². The molecule has 3 rings (SSSR count). The molecule has 0 unspecified atom stereocenters. The maximum atomic E-state index is 12.4. The molecule has 2 N–H and O–H groups in total. The highest BCUT2D eigenvalue weighted by atomic mass is 16.2. The topological polar surface area (TPSA) is 88.9 Å². The summed E-state index contributed by atoms with van der Waals surface area (Å²) in [6.45, 7) is 2.45. The summed E-state index contributed by atoms with van der Waals surface area (Å²) < 4.78 is 1.51. The Labute approximate surface area is 134 Å². The van der Waals surface area contributed by atoms with Crippen LogP contribution in [0, 0.1) is 0 Å². The van der Waals surface area contributed by atoms with E-state index < -0.39 is 6.04 Å². The highest BCUT2D eigenvalue weighted by Crippen LogP contribution is 2.22. The lowest BCUT2D eigenvalue weighted by Crippen LogP contribution is -2.39. The monoisotopic (exact) mass is 313 g/mol. The molecule has 2 aromatic rings. The zero-order valence-corrected chi connectivity index (χ0v) is 13.0. The number of amides is 2. The Bertz CT molecular complexity index is 711. The van der Waals surface area contributed by atoms with Crippen molar-refractivity contribution in [2.75, 3.05) is 11.9 Å². The van der Waals surface area contributed by atoms with Crippen LogP contribution in [0.4, 0.5) is 5.95 Å². The predicted octanol–water partition coefficient (Wildman–Crippen LogP) is 1.08. The van der Waals surface area contributed by atoms with Gasteiger partial charge in [0.05, 0.1) is 6.42 Å². The third-order valence-electron chi connectivity index (χ3n) is 3.77. The number of carbonyl (C=O) groups is 2. The Morgan fingerprint density at radius 1 is 1.39 bits per heavy atom. The van der Waals surface area contributed by atoms with E-state index in [4.69, 9.17) is 0 Å². The smallest absolute Gasteiger partial charge is 0.245 e. The van der Waals surface area contributed by atoms with Crippen LogP contribution in [0.5, 0.6) is 0 Å². The summed E-state index contributed by atoms with van der Waals surface area (Å²) in [5.41, 5.74) is 1.16. The first kappa shape index (κ1) is 15.2. The van der Waals surface area contributed by atoms with Crippen molar-refractivity contribution in [3.8, 4) is 0 Å². The molecule has 0 aliphatic carbocycles. The van der Waals surface area contributed by atoms with E-state index in [0.717, 1.165) is 12.0 Å². The van der Waals surface area contributed by atoms with Crippen LogP contribution < -0.4 is 10.6 Å². The number of carbonyl (C=O) groups excluding carboxylic acids is 2. The van der Waals surface area contributed by atoms with E-state index in [1.807, 2.05) is 37.3 Å². The second kappa shape index (κ2) is 6.60. The number of fused-ring (bicyclic) bond motifs is 1. The minimum Gasteiger partial charge on any atom is -0.354 e. The van der Waals surface area contributed by atoms with Crippen LogP contribution in [0.3, 0.4) is 0 Å². The fourth-order valence-electron chi connectivity index (χ4n) is 2.55. The molecule has 0 fully saturated rings. The molecule has 1 atom stereocenters. The van der Waals surface area contributed by atoms with E-state index in [2.05, 4.69) is 20.7 Å². The normalized spacial score (nSPS) is 16.6. The van der Waals surface area contributed by atoms with Crippen molar-refractivity contribution in [1.82, 2.24) is 20.1 Å². The fourth-order valence-corrected chi connectivity index (χ4v) is 2.55. The number of aromatic nitrogens is 3. The predicted molar refractivity (Wildman–Crippen MR) is 84.8 cm³/mol. The molecular weight excluding hydrogens is 294 g/mol. The van der Waals surface area contributed by atoms with Crippen LogP contribution in [0.2, 0.25) is 0 Å². The van der Waals surface area contributed by atoms with Gasteiger partial charge < -0.3 is 5.32 Å². The van der Waals surface area contributed by atoms with Crippen molar-refractivity contribution in [1.29, 1.82) is 0 Å². The van der Waals surface area contributed by atoms with Gasteiger partial charge in [0.1, 0.15) is 6.04 Å². The van der Waals surface area contributed by atoms with Gasteiger partial charge in [-0.25, -0.2) is 4.68 Å². The van der Waals surface area contributed by atoms with Crippen molar-refractivity contribution in [2.45, 2.75) is 32.2 Å². The van der Waals surface area contributed by atoms with E-state index in [-0.39, 0.29) is 18.2 Å². The minimum atomic E-state index is -0.637. The first-order chi connectivity index (χ1) is 11.2. The first-order valence-corrected chi connectivity index (χ1v) is 7.74. The maximum Gasteiger partial charge on any atom is 0.245 e. The van der Waals surface area contributed by atoms with Crippen molar-refractivity contribution >= 4 is 17.8 Å². The van der Waals surface area contributed by atoms with Crippen molar-refractivity contribution in [3.05, 3.63) is 41.7 Å². The fraction of sp³-hybridized carbons (Fsp3) is 0.375. The molecule has 1 aromatic heterocycles. The van der Waals surface area contributed by atoms with Gasteiger partial charge in [-0.1, -0.05) is 37.3 Å². The van der Waals surface area contributed by atoms with Gasteiger partial charge in [-0.15, -0.1) is 0 Å². The molecule has 1 aliphatic rings. The Morgan fingerprint density at radius 3 is 2.91 bits per heavy atom. The lowest BCUT2D eigenvalue weighted by atomic mass is 10.1. The molecule has 120 valence electrons. The van der Waals surface area contributed by atoms with Crippen LogP contribution in [-0.2, 0) is 22.4 Å². The number of rotatable bonds is 5. The summed E-state index contributed by atoms with van der Waals surface area (Å²) >= 11 is 0. The zero-order chi connectivity index (χ0) is 16.2. The van der Waals surface area contributed by atoms with E-state index in [1.165, 1.54) is 4.68 Å². The highest BCUT2D eigenvalue weighted by molar-refractivity contribution is 5.96. The SMILES string of the molecule is CCc1nc2n(n1)[C@H](C(=O)NCCc1ccccc1)CC(=O)N2. The molecule has 1 aliphatic heterocycles. The number of nitrogens with zero attached hydrogens (tertiary/aromatic N) is 3. The van der Waals surface area contributed by atoms with E-state index >= 15 is 0 Å². The molecular formula is C16H19N5O2. The van der Waals surface area contributed by atoms with Gasteiger partial charge in [0.25, 0.3) is 0 Å². The molecule has 2 heterocycles. The van der Waals surface area contributed by atoms with Gasteiger partial charge in [-0.3, -0.25) is 14.9 Å². The van der Waals surface area contributed by atoms with Crippen LogP contribution in [0.1, 0.15) is 30.8 Å². The Morgan fingerprint density at radius 2 is 2.17 bits per heavy atom. The molecule has 2 amide bonds. The van der Waals surface area contributed by atoms with E-state index in [0.29, 0.717) is 24.7 Å². The van der Waals surface area contributed by atoms with Gasteiger partial charge >= 0.3 is 0 Å². The Balaban J connectivity index is 1.65. The number of anilines is 1. The van der Waals surface area contributed by atoms with Gasteiger partial charge in [0.15, 0.2) is 5.82 Å². The zero-order valence-electron chi connectivity index (χ0n) is 13.0. The number of aryl methyl sites for hydroxylation is 1. The van der Waals surface area contributed by atoms with Crippen LogP contribution in [0.25, 0.3) is 0 Å². The number of hydrogen-bond acceptors (Lipinski definition) is 4. The third-order valence-corrected chi connectivity index (χ3v) is 3.77. The van der Waals surface area contributed by atoms with Crippen molar-refractivity contribution in [2.24, 2.45) is 0 Å². The second-order valence-electron chi connectivity index (χ2n) is 5.44. The summed E-state index contributed by atoms with van der Waals surface area (Å²) in [4.78, 5) is 28.4. The third kappa shape index (κ3) is 3.39. The standard InChI is InChI=1S/C16H19N5O2/c1-2-13-18-16-19-14(22)10-12(21(16)20-13)15(23)17-9-8-11-6-4-3-5-7-11/h3-7,12H,2,8-10H2,1H3,(H,17,23)(H,18,19,20,22)/t12-/m0/s1. The summed E-state index contributed by atoms with van der Waals surface area (Å²) in [6.07, 6.45) is 1.48. The lowest BCUT2D eigenvalue weighted by molar-refractivity contribution is -0.128. The van der Waals surface area contributed by atoms with Crippen LogP contribution in [0.15, 0.2) is 30.3 Å². The maximum absolute atomic E-state index is 12.4. The Hall–Kier alpha value is -2.70. The molecule has 7 heteroatoms. The van der Waals surface area contributed by atoms with Crippen LogP contribution in [-0.4, -0.2) is 33.1 Å². The molecule has 0 spiro atoms. The number of nitrogens with one attached hydrogen (secondary N) is 2. The average molecular weight is 313 g/mol. The quantitative estimate of drug-likeness (QED) is 0.864. The van der Waals surface area contributed by atoms with Gasteiger partial charge in [-0.2, -0.15) is 10.1 Å². The summed E-state index contributed by atoms with van der Waals surface area (Å²) in [5.74, 6) is 0.547. The molecule has 23 heavy (non-hydrogen) atoms. The number of benzene rings is 1. The summed E-state index contributed by atoms with van der Waals surface area (Å²) in [7, 11) is 0. The average Bonchev–Trinajstić information content (AvgIpc) is 2.97. The minimum absolute atomic E-state index is 0.0800. The first-order valence-electron chi connectivity index (χ1n) is 7.74. The van der Waals surface area contributed by atoms with E-state index in [9.17, 15) is 9.59 Å². The lowest BCUT2D eigenvalue weighted by Gasteiger charge is -2.22. The number of hydrogen-bond donors (Lipinski definition) is 2.